The molecule has 0 aliphatic carbocycles. The molecule has 212 valence electrons. The maximum atomic E-state index is 13.8. The highest BCUT2D eigenvalue weighted by molar-refractivity contribution is 5.88. The van der Waals surface area contributed by atoms with Gasteiger partial charge in [-0.25, -0.2) is 4.79 Å². The minimum absolute atomic E-state index is 0.0238. The lowest BCUT2D eigenvalue weighted by Crippen LogP contribution is -2.53. The molecule has 3 amide bonds. The predicted octanol–water partition coefficient (Wildman–Crippen LogP) is 4.17. The number of nitrogens with one attached hydrogen (secondary N) is 2. The summed E-state index contributed by atoms with van der Waals surface area (Å²) in [5.74, 6) is 0.810. The lowest BCUT2D eigenvalue weighted by Gasteiger charge is -2.31. The molecule has 0 spiro atoms. The Kier molecular flexibility index (Phi) is 10.6. The van der Waals surface area contributed by atoms with Crippen molar-refractivity contribution in [3.05, 3.63) is 60.7 Å². The summed E-state index contributed by atoms with van der Waals surface area (Å²) >= 11 is 0. The summed E-state index contributed by atoms with van der Waals surface area (Å²) in [4.78, 5) is 40.1. The number of ether oxygens (including phenoxy) is 3. The van der Waals surface area contributed by atoms with Gasteiger partial charge in [0.05, 0.1) is 12.6 Å². The fourth-order valence-electron chi connectivity index (χ4n) is 4.32. The molecule has 0 unspecified atom stereocenters. The molecular formula is C30H41N3O6. The van der Waals surface area contributed by atoms with Gasteiger partial charge in [-0.2, -0.15) is 0 Å². The van der Waals surface area contributed by atoms with Gasteiger partial charge in [0.2, 0.25) is 11.8 Å². The fourth-order valence-corrected chi connectivity index (χ4v) is 4.32. The number of likely N-dealkylation sites (tertiary alicyclic amines) is 1. The van der Waals surface area contributed by atoms with Crippen molar-refractivity contribution in [2.45, 2.75) is 71.2 Å². The molecule has 0 saturated carbocycles. The highest BCUT2D eigenvalue weighted by Gasteiger charge is 2.40. The van der Waals surface area contributed by atoms with E-state index in [0.717, 1.165) is 11.5 Å². The van der Waals surface area contributed by atoms with E-state index in [0.29, 0.717) is 19.6 Å². The number of nitrogens with zero attached hydrogens (tertiary/aromatic N) is 1. The SMILES string of the molecule is CC(C)[C@H](NC(=O)CCNC(=O)OC(C)(C)C)C(=O)N1C[C@@H](Oc2ccccc2)C[C@H]1COc1ccccc1. The summed E-state index contributed by atoms with van der Waals surface area (Å²) in [6.07, 6.45) is -0.168. The molecule has 3 atom stereocenters. The molecular weight excluding hydrogens is 498 g/mol. The second kappa shape index (κ2) is 13.9. The number of alkyl carbamates (subject to hydrolysis) is 1. The first-order valence-electron chi connectivity index (χ1n) is 13.5. The summed E-state index contributed by atoms with van der Waals surface area (Å²) in [7, 11) is 0. The van der Waals surface area contributed by atoms with Crippen LogP contribution in [0.3, 0.4) is 0 Å². The second-order valence-electron chi connectivity index (χ2n) is 11.0. The third kappa shape index (κ3) is 9.81. The van der Waals surface area contributed by atoms with Crippen LogP contribution in [0.25, 0.3) is 0 Å². The van der Waals surface area contributed by atoms with Crippen LogP contribution >= 0.6 is 0 Å². The molecule has 9 heteroatoms. The van der Waals surface area contributed by atoms with Gasteiger partial charge < -0.3 is 29.7 Å². The minimum Gasteiger partial charge on any atom is -0.491 e. The molecule has 2 aromatic carbocycles. The Bertz CT molecular complexity index is 1070. The molecule has 1 heterocycles. The Morgan fingerprint density at radius 3 is 2.18 bits per heavy atom. The number of carbonyl (C=O) groups excluding carboxylic acids is 3. The Balaban J connectivity index is 1.64. The van der Waals surface area contributed by atoms with Crippen LogP contribution in [0.5, 0.6) is 11.5 Å². The third-order valence-corrected chi connectivity index (χ3v) is 6.16. The van der Waals surface area contributed by atoms with Gasteiger partial charge in [-0.15, -0.1) is 0 Å². The number of para-hydroxylation sites is 2. The molecule has 1 aliphatic heterocycles. The van der Waals surface area contributed by atoms with Gasteiger partial charge >= 0.3 is 6.09 Å². The number of carbonyl (C=O) groups is 3. The Morgan fingerprint density at radius 1 is 0.974 bits per heavy atom. The van der Waals surface area contributed by atoms with Crippen LogP contribution < -0.4 is 20.1 Å². The smallest absolute Gasteiger partial charge is 0.407 e. The van der Waals surface area contributed by atoms with Crippen LogP contribution in [0.4, 0.5) is 4.79 Å². The Hall–Kier alpha value is -3.75. The van der Waals surface area contributed by atoms with Crippen molar-refractivity contribution >= 4 is 17.9 Å². The van der Waals surface area contributed by atoms with Crippen molar-refractivity contribution in [3.8, 4) is 11.5 Å². The van der Waals surface area contributed by atoms with E-state index < -0.39 is 17.7 Å². The van der Waals surface area contributed by atoms with Gasteiger partial charge in [-0.3, -0.25) is 9.59 Å². The van der Waals surface area contributed by atoms with Gasteiger partial charge in [0.1, 0.15) is 35.9 Å². The molecule has 39 heavy (non-hydrogen) atoms. The van der Waals surface area contributed by atoms with Crippen LogP contribution in [0, 0.1) is 5.92 Å². The van der Waals surface area contributed by atoms with Crippen LogP contribution in [-0.2, 0) is 14.3 Å². The normalized spacial score (nSPS) is 17.8. The summed E-state index contributed by atoms with van der Waals surface area (Å²) in [5.41, 5.74) is -0.625. The Labute approximate surface area is 231 Å². The van der Waals surface area contributed by atoms with Crippen molar-refractivity contribution in [1.82, 2.24) is 15.5 Å². The maximum absolute atomic E-state index is 13.8. The predicted molar refractivity (Wildman–Crippen MR) is 149 cm³/mol. The topological polar surface area (TPSA) is 106 Å². The first kappa shape index (κ1) is 29.8. The van der Waals surface area contributed by atoms with Crippen LogP contribution in [0.15, 0.2) is 60.7 Å². The van der Waals surface area contributed by atoms with Gasteiger partial charge in [0, 0.05) is 19.4 Å². The molecule has 3 rings (SSSR count). The number of hydrogen-bond donors (Lipinski definition) is 2. The maximum Gasteiger partial charge on any atom is 0.407 e. The van der Waals surface area contributed by atoms with Gasteiger partial charge in [0.15, 0.2) is 0 Å². The lowest BCUT2D eigenvalue weighted by atomic mass is 10.0. The molecule has 1 saturated heterocycles. The van der Waals surface area contributed by atoms with Crippen molar-refractivity contribution in [1.29, 1.82) is 0 Å². The highest BCUT2D eigenvalue weighted by atomic mass is 16.6. The zero-order chi connectivity index (χ0) is 28.4. The molecule has 2 N–H and O–H groups in total. The summed E-state index contributed by atoms with van der Waals surface area (Å²) in [5, 5.41) is 5.44. The first-order chi connectivity index (χ1) is 18.5. The van der Waals surface area contributed by atoms with E-state index in [4.69, 9.17) is 14.2 Å². The molecule has 1 aliphatic rings. The average Bonchev–Trinajstić information content (AvgIpc) is 3.28. The van der Waals surface area contributed by atoms with E-state index in [1.165, 1.54) is 0 Å². The second-order valence-corrected chi connectivity index (χ2v) is 11.0. The Morgan fingerprint density at radius 2 is 1.59 bits per heavy atom. The number of benzene rings is 2. The molecule has 0 aromatic heterocycles. The van der Waals surface area contributed by atoms with E-state index in [-0.39, 0.29) is 42.8 Å². The summed E-state index contributed by atoms with van der Waals surface area (Å²) < 4.78 is 17.4. The largest absolute Gasteiger partial charge is 0.491 e. The number of hydrogen-bond acceptors (Lipinski definition) is 6. The minimum atomic E-state index is -0.728. The van der Waals surface area contributed by atoms with E-state index in [1.54, 1.807) is 25.7 Å². The quantitative estimate of drug-likeness (QED) is 0.444. The van der Waals surface area contributed by atoms with Crippen molar-refractivity contribution < 1.29 is 28.6 Å². The summed E-state index contributed by atoms with van der Waals surface area (Å²) in [6, 6.07) is 18.0. The third-order valence-electron chi connectivity index (χ3n) is 6.16. The van der Waals surface area contributed by atoms with Crippen LogP contribution in [0.1, 0.15) is 47.5 Å². The number of amides is 3. The monoisotopic (exact) mass is 539 g/mol. The van der Waals surface area contributed by atoms with Crippen molar-refractivity contribution in [3.63, 3.8) is 0 Å². The molecule has 9 nitrogen and oxygen atoms in total. The van der Waals surface area contributed by atoms with Crippen LogP contribution in [-0.4, -0.2) is 66.3 Å². The molecule has 2 aromatic rings. The van der Waals surface area contributed by atoms with Crippen LogP contribution in [0.2, 0.25) is 0 Å². The first-order valence-corrected chi connectivity index (χ1v) is 13.5. The van der Waals surface area contributed by atoms with Gasteiger partial charge in [-0.05, 0) is 51.0 Å². The standard InChI is InChI=1S/C30H41N3O6/c1-21(2)27(32-26(34)16-17-31-29(36)39-30(3,4)5)28(35)33-19-25(38-24-14-10-7-11-15-24)18-22(33)20-37-23-12-8-6-9-13-23/h6-15,21-22,25,27H,16-20H2,1-5H3,(H,31,36)(H,32,34)/t22-,25-,27-/m0/s1. The highest BCUT2D eigenvalue weighted by Crippen LogP contribution is 2.26. The van der Waals surface area contributed by atoms with E-state index in [9.17, 15) is 14.4 Å². The average molecular weight is 540 g/mol. The molecule has 1 fully saturated rings. The zero-order valence-electron chi connectivity index (χ0n) is 23.5. The lowest BCUT2D eigenvalue weighted by molar-refractivity contribution is -0.139. The van der Waals surface area contributed by atoms with E-state index >= 15 is 0 Å². The zero-order valence-corrected chi connectivity index (χ0v) is 23.5. The van der Waals surface area contributed by atoms with Gasteiger partial charge in [-0.1, -0.05) is 50.2 Å². The number of rotatable bonds is 11. The van der Waals surface area contributed by atoms with E-state index in [1.807, 2.05) is 74.5 Å². The van der Waals surface area contributed by atoms with Gasteiger partial charge in [0.25, 0.3) is 0 Å². The van der Waals surface area contributed by atoms with Crippen molar-refractivity contribution in [2.75, 3.05) is 19.7 Å². The fraction of sp³-hybridized carbons (Fsp3) is 0.500. The van der Waals surface area contributed by atoms with Crippen molar-refractivity contribution in [2.24, 2.45) is 5.92 Å². The van der Waals surface area contributed by atoms with E-state index in [2.05, 4.69) is 10.6 Å². The molecule has 0 radical (unpaired) electrons. The molecule has 0 bridgehead atoms. The summed E-state index contributed by atoms with van der Waals surface area (Å²) in [6.45, 7) is 9.89.